The summed E-state index contributed by atoms with van der Waals surface area (Å²) in [6.07, 6.45) is 5.14. The van der Waals surface area contributed by atoms with E-state index < -0.39 is 0 Å². The number of aromatic nitrogens is 1. The van der Waals surface area contributed by atoms with Crippen LogP contribution in [0.15, 0.2) is 35.6 Å². The van der Waals surface area contributed by atoms with E-state index in [0.29, 0.717) is 0 Å². The molecule has 2 heteroatoms. The molecule has 0 fully saturated rings. The Balaban J connectivity index is 2.76. The van der Waals surface area contributed by atoms with Gasteiger partial charge in [0.25, 0.3) is 0 Å². The number of furan rings is 1. The molecule has 0 radical (unpaired) electrons. The van der Waals surface area contributed by atoms with Crippen LogP contribution in [0.25, 0.3) is 17.2 Å². The van der Waals surface area contributed by atoms with Gasteiger partial charge in [-0.25, -0.2) is 0 Å². The minimum absolute atomic E-state index is 0.808. The molecule has 0 amide bonds. The fourth-order valence-electron chi connectivity index (χ4n) is 0.973. The summed E-state index contributed by atoms with van der Waals surface area (Å²) in [5, 5.41) is 0. The molecule has 0 aromatic carbocycles. The van der Waals surface area contributed by atoms with E-state index in [1.54, 1.807) is 18.5 Å². The van der Waals surface area contributed by atoms with Crippen LogP contribution in [0.3, 0.4) is 0 Å². The van der Waals surface area contributed by atoms with Gasteiger partial charge in [0, 0.05) is 12.3 Å². The van der Waals surface area contributed by atoms with Crippen molar-refractivity contribution in [3.8, 4) is 0 Å². The highest BCUT2D eigenvalue weighted by Crippen LogP contribution is 2.14. The second-order valence-electron chi connectivity index (χ2n) is 2.28. The Morgan fingerprint density at radius 3 is 3.27 bits per heavy atom. The Morgan fingerprint density at radius 2 is 2.45 bits per heavy atom. The molecule has 0 saturated heterocycles. The van der Waals surface area contributed by atoms with Gasteiger partial charge in [-0.05, 0) is 11.6 Å². The Kier molecular flexibility index (Phi) is 1.25. The SMILES string of the molecule is C=Cc1cnc2ccoc2c1. The Labute approximate surface area is 64.2 Å². The van der Waals surface area contributed by atoms with E-state index in [0.717, 1.165) is 16.7 Å². The molecule has 2 aromatic rings. The van der Waals surface area contributed by atoms with Crippen LogP contribution in [-0.4, -0.2) is 4.98 Å². The standard InChI is InChI=1S/C9H7NO/c1-2-7-5-9-8(10-6-7)3-4-11-9/h2-6H,1H2. The summed E-state index contributed by atoms with van der Waals surface area (Å²) >= 11 is 0. The molecule has 11 heavy (non-hydrogen) atoms. The fraction of sp³-hybridized carbons (Fsp3) is 0. The van der Waals surface area contributed by atoms with Gasteiger partial charge in [0.05, 0.1) is 6.26 Å². The highest BCUT2D eigenvalue weighted by molar-refractivity contribution is 5.74. The third kappa shape index (κ3) is 0.923. The molecule has 0 aliphatic heterocycles. The van der Waals surface area contributed by atoms with Crippen molar-refractivity contribution in [1.29, 1.82) is 0 Å². The van der Waals surface area contributed by atoms with E-state index in [4.69, 9.17) is 4.42 Å². The largest absolute Gasteiger partial charge is 0.463 e. The minimum Gasteiger partial charge on any atom is -0.463 e. The summed E-state index contributed by atoms with van der Waals surface area (Å²) in [5.74, 6) is 0. The average Bonchev–Trinajstić information content (AvgIpc) is 2.50. The van der Waals surface area contributed by atoms with E-state index in [-0.39, 0.29) is 0 Å². The lowest BCUT2D eigenvalue weighted by molar-refractivity contribution is 0.615. The maximum Gasteiger partial charge on any atom is 0.152 e. The van der Waals surface area contributed by atoms with Crippen molar-refractivity contribution in [3.63, 3.8) is 0 Å². The first-order valence-electron chi connectivity index (χ1n) is 3.36. The summed E-state index contributed by atoms with van der Waals surface area (Å²) in [6.45, 7) is 3.64. The number of nitrogens with zero attached hydrogens (tertiary/aromatic N) is 1. The number of rotatable bonds is 1. The summed E-state index contributed by atoms with van der Waals surface area (Å²) in [5.41, 5.74) is 2.67. The Morgan fingerprint density at radius 1 is 1.55 bits per heavy atom. The van der Waals surface area contributed by atoms with E-state index in [9.17, 15) is 0 Å². The van der Waals surface area contributed by atoms with Gasteiger partial charge in [0.1, 0.15) is 5.52 Å². The molecule has 0 aliphatic rings. The van der Waals surface area contributed by atoms with Crippen molar-refractivity contribution in [1.82, 2.24) is 4.98 Å². The van der Waals surface area contributed by atoms with Gasteiger partial charge in [-0.2, -0.15) is 0 Å². The van der Waals surface area contributed by atoms with E-state index >= 15 is 0 Å². The van der Waals surface area contributed by atoms with E-state index in [2.05, 4.69) is 11.6 Å². The molecule has 0 N–H and O–H groups in total. The van der Waals surface area contributed by atoms with Crippen LogP contribution in [0.2, 0.25) is 0 Å². The van der Waals surface area contributed by atoms with Crippen LogP contribution < -0.4 is 0 Å². The molecule has 0 atom stereocenters. The quantitative estimate of drug-likeness (QED) is 0.616. The number of hydrogen-bond acceptors (Lipinski definition) is 2. The summed E-state index contributed by atoms with van der Waals surface area (Å²) in [6, 6.07) is 3.75. The molecule has 0 bridgehead atoms. The normalized spacial score (nSPS) is 10.2. The average molecular weight is 145 g/mol. The zero-order valence-corrected chi connectivity index (χ0v) is 5.95. The Hall–Kier alpha value is -1.57. The van der Waals surface area contributed by atoms with Crippen LogP contribution in [-0.2, 0) is 0 Å². The van der Waals surface area contributed by atoms with E-state index in [1.807, 2.05) is 12.1 Å². The third-order valence-electron chi connectivity index (χ3n) is 1.56. The second-order valence-corrected chi connectivity index (χ2v) is 2.28. The van der Waals surface area contributed by atoms with Gasteiger partial charge in [0.2, 0.25) is 0 Å². The fourth-order valence-corrected chi connectivity index (χ4v) is 0.973. The molecule has 0 spiro atoms. The molecule has 0 aliphatic carbocycles. The molecule has 54 valence electrons. The lowest BCUT2D eigenvalue weighted by Gasteiger charge is -1.89. The van der Waals surface area contributed by atoms with Crippen LogP contribution in [0.1, 0.15) is 5.56 Å². The predicted molar refractivity (Wildman–Crippen MR) is 44.1 cm³/mol. The monoisotopic (exact) mass is 145 g/mol. The highest BCUT2D eigenvalue weighted by Gasteiger charge is 1.96. The molecular weight excluding hydrogens is 138 g/mol. The van der Waals surface area contributed by atoms with Crippen LogP contribution in [0.5, 0.6) is 0 Å². The third-order valence-corrected chi connectivity index (χ3v) is 1.56. The van der Waals surface area contributed by atoms with Crippen molar-refractivity contribution < 1.29 is 4.42 Å². The van der Waals surface area contributed by atoms with Gasteiger partial charge < -0.3 is 4.42 Å². The second kappa shape index (κ2) is 2.23. The first kappa shape index (κ1) is 6.16. The first-order valence-corrected chi connectivity index (χ1v) is 3.36. The minimum atomic E-state index is 0.808. The van der Waals surface area contributed by atoms with Gasteiger partial charge in [-0.1, -0.05) is 12.7 Å². The van der Waals surface area contributed by atoms with E-state index in [1.165, 1.54) is 0 Å². The van der Waals surface area contributed by atoms with Crippen LogP contribution >= 0.6 is 0 Å². The molecule has 0 unspecified atom stereocenters. The van der Waals surface area contributed by atoms with Crippen LogP contribution in [0, 0.1) is 0 Å². The summed E-state index contributed by atoms with van der Waals surface area (Å²) < 4.78 is 5.15. The lowest BCUT2D eigenvalue weighted by atomic mass is 10.2. The zero-order chi connectivity index (χ0) is 7.68. The van der Waals surface area contributed by atoms with Crippen molar-refractivity contribution in [2.45, 2.75) is 0 Å². The number of hydrogen-bond donors (Lipinski definition) is 0. The van der Waals surface area contributed by atoms with Crippen LogP contribution in [0.4, 0.5) is 0 Å². The van der Waals surface area contributed by atoms with Gasteiger partial charge in [-0.3, -0.25) is 4.98 Å². The van der Waals surface area contributed by atoms with Gasteiger partial charge in [-0.15, -0.1) is 0 Å². The smallest absolute Gasteiger partial charge is 0.152 e. The van der Waals surface area contributed by atoms with Crippen molar-refractivity contribution in [3.05, 3.63) is 36.7 Å². The molecular formula is C9H7NO. The Bertz CT molecular complexity index is 389. The molecule has 2 nitrogen and oxygen atoms in total. The summed E-state index contributed by atoms with van der Waals surface area (Å²) in [7, 11) is 0. The lowest BCUT2D eigenvalue weighted by Crippen LogP contribution is -1.74. The zero-order valence-electron chi connectivity index (χ0n) is 5.95. The summed E-state index contributed by atoms with van der Waals surface area (Å²) in [4.78, 5) is 4.15. The molecule has 0 saturated carbocycles. The molecule has 2 heterocycles. The van der Waals surface area contributed by atoms with Crippen molar-refractivity contribution in [2.24, 2.45) is 0 Å². The highest BCUT2D eigenvalue weighted by atomic mass is 16.3. The number of pyridine rings is 1. The number of fused-ring (bicyclic) bond motifs is 1. The van der Waals surface area contributed by atoms with Crippen molar-refractivity contribution >= 4 is 17.2 Å². The van der Waals surface area contributed by atoms with Gasteiger partial charge >= 0.3 is 0 Å². The van der Waals surface area contributed by atoms with Gasteiger partial charge in [0.15, 0.2) is 5.58 Å². The molecule has 2 aromatic heterocycles. The maximum atomic E-state index is 5.15. The first-order chi connectivity index (χ1) is 5.40. The molecule has 2 rings (SSSR count). The topological polar surface area (TPSA) is 26.0 Å². The van der Waals surface area contributed by atoms with Crippen molar-refractivity contribution in [2.75, 3.05) is 0 Å². The maximum absolute atomic E-state index is 5.15. The predicted octanol–water partition coefficient (Wildman–Crippen LogP) is 2.47.